The molecule has 4 nitrogen and oxygen atoms in total. The molecule has 0 aromatic carbocycles. The van der Waals surface area contributed by atoms with Crippen LogP contribution in [0.4, 0.5) is 0 Å². The Labute approximate surface area is 98.1 Å². The highest BCUT2D eigenvalue weighted by Gasteiger charge is 2.22. The molecule has 0 aromatic rings. The fourth-order valence-electron chi connectivity index (χ4n) is 2.37. The number of likely N-dealkylation sites (tertiary alicyclic amines) is 1. The maximum atomic E-state index is 11.2. The Kier molecular flexibility index (Phi) is 5.77. The number of piperidine rings is 1. The van der Waals surface area contributed by atoms with Gasteiger partial charge in [-0.3, -0.25) is 4.79 Å². The predicted octanol–water partition coefficient (Wildman–Crippen LogP) is 0.999. The lowest BCUT2D eigenvalue weighted by Crippen LogP contribution is -2.46. The quantitative estimate of drug-likeness (QED) is 0.713. The minimum Gasteiger partial charge on any atom is -0.468 e. The summed E-state index contributed by atoms with van der Waals surface area (Å²) in [5.41, 5.74) is 5.74. The Morgan fingerprint density at radius 2 is 2.12 bits per heavy atom. The molecule has 1 heterocycles. The highest BCUT2D eigenvalue weighted by atomic mass is 16.5. The fourth-order valence-corrected chi connectivity index (χ4v) is 2.37. The van der Waals surface area contributed by atoms with Crippen molar-refractivity contribution in [3.63, 3.8) is 0 Å². The average Bonchev–Trinajstić information content (AvgIpc) is 2.31. The van der Waals surface area contributed by atoms with Crippen LogP contribution in [0.1, 0.15) is 32.6 Å². The van der Waals surface area contributed by atoms with E-state index in [0.717, 1.165) is 19.0 Å². The summed E-state index contributed by atoms with van der Waals surface area (Å²) in [6, 6.07) is -0.493. The predicted molar refractivity (Wildman–Crippen MR) is 64.1 cm³/mol. The molecule has 0 bridgehead atoms. The summed E-state index contributed by atoms with van der Waals surface area (Å²) in [5, 5.41) is 0. The lowest BCUT2D eigenvalue weighted by Gasteiger charge is -2.32. The number of nitrogens with two attached hydrogens (primary N) is 1. The van der Waals surface area contributed by atoms with Gasteiger partial charge in [0.1, 0.15) is 6.04 Å². The van der Waals surface area contributed by atoms with E-state index < -0.39 is 6.04 Å². The maximum Gasteiger partial charge on any atom is 0.323 e. The standard InChI is InChI=1S/C12H24N2O2/c1-3-4-10-5-7-14(8-6-10)9-11(13)12(15)16-2/h10-11H,3-9,13H2,1-2H3. The third-order valence-electron chi connectivity index (χ3n) is 3.36. The lowest BCUT2D eigenvalue weighted by atomic mass is 9.92. The maximum absolute atomic E-state index is 11.2. The normalized spacial score (nSPS) is 20.7. The summed E-state index contributed by atoms with van der Waals surface area (Å²) >= 11 is 0. The van der Waals surface area contributed by atoms with Crippen molar-refractivity contribution in [1.29, 1.82) is 0 Å². The minimum absolute atomic E-state index is 0.310. The van der Waals surface area contributed by atoms with Crippen LogP contribution in [0.25, 0.3) is 0 Å². The van der Waals surface area contributed by atoms with Crippen molar-refractivity contribution in [2.24, 2.45) is 11.7 Å². The van der Waals surface area contributed by atoms with Gasteiger partial charge < -0.3 is 15.4 Å². The first-order valence-electron chi connectivity index (χ1n) is 6.23. The van der Waals surface area contributed by atoms with E-state index in [2.05, 4.69) is 16.6 Å². The van der Waals surface area contributed by atoms with Crippen LogP contribution in [0.15, 0.2) is 0 Å². The SMILES string of the molecule is CCCC1CCN(CC(N)C(=O)OC)CC1. The molecule has 1 saturated heterocycles. The first-order valence-corrected chi connectivity index (χ1v) is 6.23. The molecule has 1 atom stereocenters. The largest absolute Gasteiger partial charge is 0.468 e. The molecule has 0 radical (unpaired) electrons. The zero-order valence-electron chi connectivity index (χ0n) is 10.4. The molecule has 1 fully saturated rings. The van der Waals surface area contributed by atoms with Crippen molar-refractivity contribution >= 4 is 5.97 Å². The number of esters is 1. The Hall–Kier alpha value is -0.610. The van der Waals surface area contributed by atoms with Crippen LogP contribution in [-0.2, 0) is 9.53 Å². The van der Waals surface area contributed by atoms with Gasteiger partial charge in [-0.1, -0.05) is 19.8 Å². The number of ether oxygens (including phenoxy) is 1. The van der Waals surface area contributed by atoms with E-state index in [0.29, 0.717) is 6.54 Å². The molecule has 0 saturated carbocycles. The molecule has 2 N–H and O–H groups in total. The van der Waals surface area contributed by atoms with Gasteiger partial charge in [0.25, 0.3) is 0 Å². The Morgan fingerprint density at radius 1 is 1.50 bits per heavy atom. The molecule has 1 rings (SSSR count). The molecular formula is C12H24N2O2. The summed E-state index contributed by atoms with van der Waals surface area (Å²) in [4.78, 5) is 13.4. The summed E-state index contributed by atoms with van der Waals surface area (Å²) in [5.74, 6) is 0.561. The molecule has 0 amide bonds. The van der Waals surface area contributed by atoms with Gasteiger partial charge in [0.2, 0.25) is 0 Å². The van der Waals surface area contributed by atoms with Crippen LogP contribution in [0.5, 0.6) is 0 Å². The van der Waals surface area contributed by atoms with Gasteiger partial charge in [-0.25, -0.2) is 0 Å². The molecule has 0 aliphatic carbocycles. The highest BCUT2D eigenvalue weighted by Crippen LogP contribution is 2.21. The van der Waals surface area contributed by atoms with Gasteiger partial charge in [0.05, 0.1) is 7.11 Å². The number of rotatable bonds is 5. The summed E-state index contributed by atoms with van der Waals surface area (Å²) < 4.78 is 4.62. The third-order valence-corrected chi connectivity index (χ3v) is 3.36. The van der Waals surface area contributed by atoms with Crippen LogP contribution < -0.4 is 5.73 Å². The number of methoxy groups -OCH3 is 1. The molecule has 1 unspecified atom stereocenters. The average molecular weight is 228 g/mol. The van der Waals surface area contributed by atoms with E-state index in [1.165, 1.54) is 32.8 Å². The van der Waals surface area contributed by atoms with Crippen LogP contribution in [0, 0.1) is 5.92 Å². The van der Waals surface area contributed by atoms with E-state index in [1.54, 1.807) is 0 Å². The van der Waals surface area contributed by atoms with Gasteiger partial charge in [0.15, 0.2) is 0 Å². The van der Waals surface area contributed by atoms with Crippen molar-refractivity contribution in [1.82, 2.24) is 4.90 Å². The van der Waals surface area contributed by atoms with E-state index in [9.17, 15) is 4.79 Å². The molecule has 16 heavy (non-hydrogen) atoms. The minimum atomic E-state index is -0.493. The van der Waals surface area contributed by atoms with Crippen molar-refractivity contribution < 1.29 is 9.53 Å². The molecule has 94 valence electrons. The van der Waals surface area contributed by atoms with Crippen molar-refractivity contribution in [2.45, 2.75) is 38.6 Å². The summed E-state index contributed by atoms with van der Waals surface area (Å²) in [6.45, 7) is 5.00. The van der Waals surface area contributed by atoms with Crippen LogP contribution in [0.2, 0.25) is 0 Å². The topological polar surface area (TPSA) is 55.6 Å². The van der Waals surface area contributed by atoms with E-state index >= 15 is 0 Å². The number of nitrogens with zero attached hydrogens (tertiary/aromatic N) is 1. The van der Waals surface area contributed by atoms with Crippen molar-refractivity contribution in [3.8, 4) is 0 Å². The lowest BCUT2D eigenvalue weighted by molar-refractivity contribution is -0.142. The van der Waals surface area contributed by atoms with E-state index in [1.807, 2.05) is 0 Å². The second-order valence-corrected chi connectivity index (χ2v) is 4.66. The number of hydrogen-bond donors (Lipinski definition) is 1. The summed E-state index contributed by atoms with van der Waals surface area (Å²) in [7, 11) is 1.38. The van der Waals surface area contributed by atoms with Crippen LogP contribution in [0.3, 0.4) is 0 Å². The smallest absolute Gasteiger partial charge is 0.323 e. The van der Waals surface area contributed by atoms with Gasteiger partial charge >= 0.3 is 5.97 Å². The van der Waals surface area contributed by atoms with Gasteiger partial charge in [-0.05, 0) is 31.8 Å². The van der Waals surface area contributed by atoms with Gasteiger partial charge in [-0.2, -0.15) is 0 Å². The van der Waals surface area contributed by atoms with E-state index in [4.69, 9.17) is 5.73 Å². The third kappa shape index (κ3) is 4.10. The molecule has 1 aliphatic rings. The van der Waals surface area contributed by atoms with Gasteiger partial charge in [-0.15, -0.1) is 0 Å². The Bertz CT molecular complexity index is 213. The molecule has 0 spiro atoms. The molecular weight excluding hydrogens is 204 g/mol. The molecule has 4 heteroatoms. The number of carbonyl (C=O) groups excluding carboxylic acids is 1. The molecule has 1 aliphatic heterocycles. The Morgan fingerprint density at radius 3 is 2.62 bits per heavy atom. The van der Waals surface area contributed by atoms with Crippen LogP contribution in [-0.4, -0.2) is 43.7 Å². The number of hydrogen-bond acceptors (Lipinski definition) is 4. The fraction of sp³-hybridized carbons (Fsp3) is 0.917. The second-order valence-electron chi connectivity index (χ2n) is 4.66. The van der Waals surface area contributed by atoms with Crippen molar-refractivity contribution in [3.05, 3.63) is 0 Å². The monoisotopic (exact) mass is 228 g/mol. The molecule has 0 aromatic heterocycles. The summed E-state index contributed by atoms with van der Waals surface area (Å²) in [6.07, 6.45) is 5.08. The first kappa shape index (κ1) is 13.5. The number of carbonyl (C=O) groups is 1. The van der Waals surface area contributed by atoms with E-state index in [-0.39, 0.29) is 5.97 Å². The first-order chi connectivity index (χ1) is 7.67. The second kappa shape index (κ2) is 6.86. The van der Waals surface area contributed by atoms with Crippen LogP contribution >= 0.6 is 0 Å². The Balaban J connectivity index is 2.24. The van der Waals surface area contributed by atoms with Gasteiger partial charge in [0, 0.05) is 6.54 Å². The zero-order chi connectivity index (χ0) is 12.0. The zero-order valence-corrected chi connectivity index (χ0v) is 10.4. The highest BCUT2D eigenvalue weighted by molar-refractivity contribution is 5.75. The van der Waals surface area contributed by atoms with Crippen molar-refractivity contribution in [2.75, 3.05) is 26.7 Å².